The second kappa shape index (κ2) is 4.97. The van der Waals surface area contributed by atoms with Crippen molar-refractivity contribution in [3.8, 4) is 0 Å². The lowest BCUT2D eigenvalue weighted by Crippen LogP contribution is -2.29. The average molecular weight is 198 g/mol. The first kappa shape index (κ1) is 13.7. The molecule has 84 valence electrons. The normalized spacial score (nSPS) is 14.6. The Bertz CT molecular complexity index is 194. The Morgan fingerprint density at radius 3 is 2.00 bits per heavy atom. The first-order valence-electron chi connectivity index (χ1n) is 5.47. The van der Waals surface area contributed by atoms with Gasteiger partial charge in [0, 0.05) is 0 Å². The van der Waals surface area contributed by atoms with Crippen LogP contribution >= 0.6 is 0 Å². The fourth-order valence-corrected chi connectivity index (χ4v) is 1.12. The molecule has 1 nitrogen and oxygen atoms in total. The summed E-state index contributed by atoms with van der Waals surface area (Å²) in [5.41, 5.74) is 1.77. The summed E-state index contributed by atoms with van der Waals surface area (Å²) in [6.45, 7) is 13.7. The van der Waals surface area contributed by atoms with Gasteiger partial charge in [-0.05, 0) is 30.6 Å². The minimum absolute atomic E-state index is 0.190. The summed E-state index contributed by atoms with van der Waals surface area (Å²) >= 11 is 0. The molecular formula is C13H26O. The van der Waals surface area contributed by atoms with Gasteiger partial charge in [-0.1, -0.05) is 46.3 Å². The molecule has 0 bridgehead atoms. The molecule has 0 unspecified atom stereocenters. The first-order chi connectivity index (χ1) is 6.20. The minimum atomic E-state index is 0.190. The van der Waals surface area contributed by atoms with Gasteiger partial charge in [0.25, 0.3) is 0 Å². The molecule has 0 atom stereocenters. The lowest BCUT2D eigenvalue weighted by Gasteiger charge is -2.38. The van der Waals surface area contributed by atoms with Crippen LogP contribution < -0.4 is 0 Å². The first-order valence-corrected chi connectivity index (χ1v) is 5.47. The van der Waals surface area contributed by atoms with Crippen LogP contribution in [-0.2, 0) is 0 Å². The summed E-state index contributed by atoms with van der Waals surface area (Å²) in [6.07, 6.45) is 4.39. The highest BCUT2D eigenvalue weighted by Gasteiger charge is 2.31. The summed E-state index contributed by atoms with van der Waals surface area (Å²) in [6, 6.07) is 0. The van der Waals surface area contributed by atoms with E-state index in [1.54, 1.807) is 0 Å². The van der Waals surface area contributed by atoms with E-state index in [0.717, 1.165) is 12.0 Å². The van der Waals surface area contributed by atoms with Crippen LogP contribution in [0.2, 0.25) is 0 Å². The van der Waals surface area contributed by atoms with Crippen LogP contribution in [0, 0.1) is 10.8 Å². The summed E-state index contributed by atoms with van der Waals surface area (Å²) in [5, 5.41) is 8.86. The lowest BCUT2D eigenvalue weighted by atomic mass is 9.67. The number of aliphatic hydroxyl groups is 1. The van der Waals surface area contributed by atoms with Crippen LogP contribution in [0.4, 0.5) is 0 Å². The third-order valence-corrected chi connectivity index (χ3v) is 3.54. The Hall–Kier alpha value is -0.300. The Balaban J connectivity index is 4.14. The molecular weight excluding hydrogens is 172 g/mol. The smallest absolute Gasteiger partial charge is 0.0639 e. The lowest BCUT2D eigenvalue weighted by molar-refractivity contribution is 0.121. The van der Waals surface area contributed by atoms with Gasteiger partial charge in [-0.25, -0.2) is 0 Å². The Morgan fingerprint density at radius 2 is 1.64 bits per heavy atom. The van der Waals surface area contributed by atoms with Gasteiger partial charge in [-0.15, -0.1) is 0 Å². The summed E-state index contributed by atoms with van der Waals surface area (Å²) in [4.78, 5) is 0. The van der Waals surface area contributed by atoms with E-state index in [4.69, 9.17) is 5.11 Å². The molecule has 0 amide bonds. The zero-order valence-corrected chi connectivity index (χ0v) is 10.6. The Labute approximate surface area is 89.2 Å². The fraction of sp³-hybridized carbons (Fsp3) is 0.846. The molecule has 0 aliphatic rings. The minimum Gasteiger partial charge on any atom is -0.392 e. The monoisotopic (exact) mass is 198 g/mol. The maximum Gasteiger partial charge on any atom is 0.0639 e. The van der Waals surface area contributed by atoms with Crippen molar-refractivity contribution in [2.45, 2.75) is 54.4 Å². The van der Waals surface area contributed by atoms with Gasteiger partial charge in [-0.2, -0.15) is 0 Å². The van der Waals surface area contributed by atoms with Gasteiger partial charge < -0.3 is 5.11 Å². The predicted molar refractivity (Wildman–Crippen MR) is 63.3 cm³/mol. The molecule has 1 heteroatoms. The van der Waals surface area contributed by atoms with Crippen molar-refractivity contribution < 1.29 is 5.11 Å². The van der Waals surface area contributed by atoms with Gasteiger partial charge in [0.1, 0.15) is 0 Å². The summed E-state index contributed by atoms with van der Waals surface area (Å²) in [7, 11) is 0. The van der Waals surface area contributed by atoms with Gasteiger partial charge in [-0.3, -0.25) is 0 Å². The van der Waals surface area contributed by atoms with Crippen molar-refractivity contribution in [1.29, 1.82) is 0 Å². The van der Waals surface area contributed by atoms with Crippen molar-refractivity contribution in [1.82, 2.24) is 0 Å². The largest absolute Gasteiger partial charge is 0.392 e. The van der Waals surface area contributed by atoms with Crippen LogP contribution in [0.25, 0.3) is 0 Å². The van der Waals surface area contributed by atoms with E-state index in [1.165, 1.54) is 6.42 Å². The van der Waals surface area contributed by atoms with Crippen LogP contribution in [0.15, 0.2) is 11.6 Å². The van der Waals surface area contributed by atoms with E-state index in [-0.39, 0.29) is 6.61 Å². The molecule has 14 heavy (non-hydrogen) atoms. The number of aliphatic hydroxyl groups excluding tert-OH is 1. The van der Waals surface area contributed by atoms with E-state index in [2.05, 4.69) is 40.7 Å². The molecule has 0 aromatic carbocycles. The molecule has 0 rings (SSSR count). The van der Waals surface area contributed by atoms with E-state index < -0.39 is 0 Å². The Morgan fingerprint density at radius 1 is 1.14 bits per heavy atom. The zero-order chi connectivity index (χ0) is 11.4. The highest BCUT2D eigenvalue weighted by atomic mass is 16.3. The predicted octanol–water partition coefficient (Wildman–Crippen LogP) is 3.78. The number of rotatable bonds is 4. The van der Waals surface area contributed by atoms with Gasteiger partial charge in [0.2, 0.25) is 0 Å². The Kier molecular flexibility index (Phi) is 4.87. The van der Waals surface area contributed by atoms with Gasteiger partial charge in [0.05, 0.1) is 6.61 Å². The van der Waals surface area contributed by atoms with Crippen LogP contribution in [0.5, 0.6) is 0 Å². The second-order valence-electron chi connectivity index (χ2n) is 5.88. The molecule has 0 saturated carbocycles. The molecule has 0 heterocycles. The van der Waals surface area contributed by atoms with E-state index in [0.29, 0.717) is 10.8 Å². The molecule has 1 N–H and O–H groups in total. The third kappa shape index (κ3) is 4.28. The zero-order valence-electron chi connectivity index (χ0n) is 10.6. The average Bonchev–Trinajstić information content (AvgIpc) is 2.01. The quantitative estimate of drug-likeness (QED) is 0.682. The molecule has 0 radical (unpaired) electrons. The molecule has 0 aliphatic carbocycles. The van der Waals surface area contributed by atoms with Gasteiger partial charge in [0.15, 0.2) is 0 Å². The third-order valence-electron chi connectivity index (χ3n) is 3.54. The van der Waals surface area contributed by atoms with Crippen molar-refractivity contribution in [3.05, 3.63) is 11.6 Å². The SMILES string of the molecule is C/C(=C/CCC(C)(C)C(C)(C)C)CO. The van der Waals surface area contributed by atoms with Crippen LogP contribution in [0.1, 0.15) is 54.4 Å². The molecule has 0 saturated heterocycles. The van der Waals surface area contributed by atoms with Crippen LogP contribution in [-0.4, -0.2) is 11.7 Å². The number of hydrogen-bond donors (Lipinski definition) is 1. The highest BCUT2D eigenvalue weighted by molar-refractivity contribution is 4.98. The fourth-order valence-electron chi connectivity index (χ4n) is 1.12. The van der Waals surface area contributed by atoms with Crippen molar-refractivity contribution in [2.75, 3.05) is 6.61 Å². The number of allylic oxidation sites excluding steroid dienone is 1. The van der Waals surface area contributed by atoms with Crippen molar-refractivity contribution in [3.63, 3.8) is 0 Å². The second-order valence-corrected chi connectivity index (χ2v) is 5.88. The summed E-state index contributed by atoms with van der Waals surface area (Å²) in [5.74, 6) is 0. The van der Waals surface area contributed by atoms with E-state index in [9.17, 15) is 0 Å². The highest BCUT2D eigenvalue weighted by Crippen LogP contribution is 2.41. The molecule has 0 spiro atoms. The maximum atomic E-state index is 8.86. The standard InChI is InChI=1S/C13H26O/c1-11(10-14)8-7-9-13(5,6)12(2,3)4/h8,14H,7,9-10H2,1-6H3/b11-8-. The molecule has 0 aromatic heterocycles. The van der Waals surface area contributed by atoms with Gasteiger partial charge >= 0.3 is 0 Å². The van der Waals surface area contributed by atoms with E-state index >= 15 is 0 Å². The molecule has 0 aromatic rings. The molecule has 0 fully saturated rings. The van der Waals surface area contributed by atoms with Crippen molar-refractivity contribution >= 4 is 0 Å². The topological polar surface area (TPSA) is 20.2 Å². The van der Waals surface area contributed by atoms with E-state index in [1.807, 2.05) is 6.92 Å². The van der Waals surface area contributed by atoms with Crippen LogP contribution in [0.3, 0.4) is 0 Å². The maximum absolute atomic E-state index is 8.86. The number of hydrogen-bond acceptors (Lipinski definition) is 1. The molecule has 0 aliphatic heterocycles. The van der Waals surface area contributed by atoms with Crippen molar-refractivity contribution in [2.24, 2.45) is 10.8 Å². The summed E-state index contributed by atoms with van der Waals surface area (Å²) < 4.78 is 0.